The van der Waals surface area contributed by atoms with Gasteiger partial charge >= 0.3 is 6.01 Å². The lowest BCUT2D eigenvalue weighted by Crippen LogP contribution is -2.59. The monoisotopic (exact) mass is 626 g/mol. The molecule has 3 aliphatic heterocycles. The van der Waals surface area contributed by atoms with Crippen LogP contribution in [0.15, 0.2) is 30.6 Å². The molecule has 44 heavy (non-hydrogen) atoms. The van der Waals surface area contributed by atoms with Crippen LogP contribution in [0.4, 0.5) is 19.0 Å². The number of amides is 1. The van der Waals surface area contributed by atoms with Crippen LogP contribution in [-0.4, -0.2) is 82.8 Å². The van der Waals surface area contributed by atoms with Gasteiger partial charge in [-0.2, -0.15) is 15.2 Å². The van der Waals surface area contributed by atoms with Crippen LogP contribution in [0.3, 0.4) is 0 Å². The predicted molar refractivity (Wildman–Crippen MR) is 158 cm³/mol. The van der Waals surface area contributed by atoms with Crippen molar-refractivity contribution in [2.24, 2.45) is 0 Å². The maximum absolute atomic E-state index is 17.1. The lowest BCUT2D eigenvalue weighted by Gasteiger charge is -2.47. The lowest BCUT2D eigenvalue weighted by atomic mass is 9.68. The first kappa shape index (κ1) is 29.4. The molecule has 7 rings (SSSR count). The maximum Gasteiger partial charge on any atom is 0.318 e. The molecule has 5 atom stereocenters. The average molecular weight is 627 g/mol. The Kier molecular flexibility index (Phi) is 7.28. The molecule has 3 fully saturated rings. The second-order valence-electron chi connectivity index (χ2n) is 12.9. The minimum atomic E-state index is -1.44. The van der Waals surface area contributed by atoms with Gasteiger partial charge in [0.05, 0.1) is 29.8 Å². The van der Waals surface area contributed by atoms with Crippen LogP contribution in [0.5, 0.6) is 6.01 Å². The number of hydrogen-bond donors (Lipinski definition) is 0. The second kappa shape index (κ2) is 10.9. The van der Waals surface area contributed by atoms with E-state index in [1.807, 2.05) is 23.1 Å². The number of ether oxygens (including phenoxy) is 1. The number of fused-ring (bicyclic) bond motifs is 4. The Bertz CT molecular complexity index is 1570. The molecule has 4 heterocycles. The molecule has 8 nitrogen and oxygen atoms in total. The Morgan fingerprint density at radius 2 is 1.93 bits per heavy atom. The number of rotatable bonds is 6. The number of nitriles is 1. The molecule has 1 aromatic heterocycles. The zero-order valence-corrected chi connectivity index (χ0v) is 25.1. The van der Waals surface area contributed by atoms with Gasteiger partial charge in [-0.05, 0) is 49.3 Å². The summed E-state index contributed by atoms with van der Waals surface area (Å²) < 4.78 is 51.4. The van der Waals surface area contributed by atoms with Crippen molar-refractivity contribution in [1.82, 2.24) is 19.8 Å². The molecule has 1 spiro atoms. The van der Waals surface area contributed by atoms with Crippen LogP contribution in [0.25, 0.3) is 0 Å². The number of aromatic nitrogens is 2. The molecule has 12 heteroatoms. The van der Waals surface area contributed by atoms with E-state index in [9.17, 15) is 18.8 Å². The van der Waals surface area contributed by atoms with Gasteiger partial charge < -0.3 is 14.5 Å². The van der Waals surface area contributed by atoms with Crippen molar-refractivity contribution >= 4 is 23.3 Å². The molecule has 5 aliphatic rings. The second-order valence-corrected chi connectivity index (χ2v) is 13.3. The highest BCUT2D eigenvalue weighted by Gasteiger charge is 2.54. The van der Waals surface area contributed by atoms with Crippen LogP contribution < -0.4 is 9.64 Å². The number of alkyl halides is 2. The van der Waals surface area contributed by atoms with Crippen LogP contribution in [0.1, 0.15) is 60.7 Å². The molecular weight excluding hydrogens is 593 g/mol. The minimum Gasteiger partial charge on any atom is -0.461 e. The molecule has 0 radical (unpaired) electrons. The lowest BCUT2D eigenvalue weighted by molar-refractivity contribution is -0.131. The molecule has 0 saturated carbocycles. The fourth-order valence-electron chi connectivity index (χ4n) is 8.26. The number of piperazine rings is 1. The highest BCUT2D eigenvalue weighted by molar-refractivity contribution is 6.31. The summed E-state index contributed by atoms with van der Waals surface area (Å²) in [5.74, 6) is -1.42. The van der Waals surface area contributed by atoms with Crippen molar-refractivity contribution in [3.8, 4) is 12.1 Å². The Morgan fingerprint density at radius 3 is 2.64 bits per heavy atom. The summed E-state index contributed by atoms with van der Waals surface area (Å²) in [6, 6.07) is 7.18. The van der Waals surface area contributed by atoms with E-state index in [0.29, 0.717) is 61.6 Å². The van der Waals surface area contributed by atoms with Crippen molar-refractivity contribution in [3.63, 3.8) is 0 Å². The van der Waals surface area contributed by atoms with E-state index in [1.54, 1.807) is 0 Å². The first-order valence-electron chi connectivity index (χ1n) is 15.3. The zero-order chi connectivity index (χ0) is 30.8. The van der Waals surface area contributed by atoms with E-state index in [1.165, 1.54) is 4.90 Å². The molecule has 1 amide bonds. The number of nitrogens with zero attached hydrogens (tertiary/aromatic N) is 6. The predicted octanol–water partition coefficient (Wildman–Crippen LogP) is 4.95. The summed E-state index contributed by atoms with van der Waals surface area (Å²) in [4.78, 5) is 27.3. The third-order valence-electron chi connectivity index (χ3n) is 10.6. The number of hydrogen-bond acceptors (Lipinski definition) is 7. The molecule has 232 valence electrons. The summed E-state index contributed by atoms with van der Waals surface area (Å²) >= 11 is 6.52. The Morgan fingerprint density at radius 1 is 1.14 bits per heavy atom. The summed E-state index contributed by atoms with van der Waals surface area (Å²) in [6.45, 7) is 5.18. The summed E-state index contributed by atoms with van der Waals surface area (Å²) in [7, 11) is 0. The van der Waals surface area contributed by atoms with E-state index < -0.39 is 41.1 Å². The summed E-state index contributed by atoms with van der Waals surface area (Å²) in [5.41, 5.74) is 1.66. The first-order chi connectivity index (χ1) is 21.2. The van der Waals surface area contributed by atoms with Gasteiger partial charge in [-0.25, -0.2) is 13.2 Å². The van der Waals surface area contributed by atoms with Gasteiger partial charge in [0.25, 0.3) is 5.91 Å². The van der Waals surface area contributed by atoms with Gasteiger partial charge in [0.2, 0.25) is 0 Å². The summed E-state index contributed by atoms with van der Waals surface area (Å²) in [5, 5.41) is 10.1. The van der Waals surface area contributed by atoms with Gasteiger partial charge in [-0.15, -0.1) is 0 Å². The Hall–Kier alpha value is -3.36. The van der Waals surface area contributed by atoms with Gasteiger partial charge in [0, 0.05) is 55.1 Å². The molecule has 2 aromatic rings. The number of carbonyl (C=O) groups excluding carboxylic acids is 1. The van der Waals surface area contributed by atoms with Crippen LogP contribution in [-0.2, 0) is 23.1 Å². The normalized spacial score (nSPS) is 30.8. The van der Waals surface area contributed by atoms with Crippen molar-refractivity contribution in [2.45, 2.75) is 74.3 Å². The molecule has 2 aliphatic carbocycles. The molecule has 1 aromatic carbocycles. The van der Waals surface area contributed by atoms with E-state index in [0.717, 1.165) is 24.1 Å². The van der Waals surface area contributed by atoms with Gasteiger partial charge in [0.1, 0.15) is 18.6 Å². The van der Waals surface area contributed by atoms with E-state index in [2.05, 4.69) is 22.5 Å². The van der Waals surface area contributed by atoms with Crippen molar-refractivity contribution in [1.29, 1.82) is 5.26 Å². The topological polar surface area (TPSA) is 85.6 Å². The summed E-state index contributed by atoms with van der Waals surface area (Å²) in [6.07, 6.45) is 1.17. The third kappa shape index (κ3) is 4.55. The molecule has 0 bridgehead atoms. The Labute approximate surface area is 259 Å². The SMILES string of the molecule is C=C(F)C(=O)N1CCN(c2nc(OC[C@@]34CCN3C[C@H](F)C4)nc3c2CC[C@@]2(CCc4c(Cl)cccc42)[C@H]3F)C[C@@H]1CC#N. The average Bonchev–Trinajstić information content (AvgIpc) is 3.49. The highest BCUT2D eigenvalue weighted by Crippen LogP contribution is 2.57. The van der Waals surface area contributed by atoms with Crippen molar-refractivity contribution in [2.75, 3.05) is 44.2 Å². The fourth-order valence-corrected chi connectivity index (χ4v) is 8.52. The minimum absolute atomic E-state index is 0.0126. The van der Waals surface area contributed by atoms with Gasteiger partial charge in [-0.3, -0.25) is 9.69 Å². The van der Waals surface area contributed by atoms with Crippen molar-refractivity contribution in [3.05, 3.63) is 58.0 Å². The van der Waals surface area contributed by atoms with E-state index in [4.69, 9.17) is 21.3 Å². The van der Waals surface area contributed by atoms with E-state index in [-0.39, 0.29) is 37.8 Å². The largest absolute Gasteiger partial charge is 0.461 e. The maximum atomic E-state index is 17.1. The van der Waals surface area contributed by atoms with Crippen LogP contribution in [0, 0.1) is 11.3 Å². The Balaban J connectivity index is 1.25. The molecular formula is C32H34ClF3N6O2. The third-order valence-corrected chi connectivity index (χ3v) is 11.0. The molecule has 0 N–H and O–H groups in total. The smallest absolute Gasteiger partial charge is 0.318 e. The number of benzene rings is 1. The standard InChI is InChI=1S/C32H34ClF3N6O2/c1-19(34)29(43)42-14-13-40(17-21(42)7-11-37)28-23-6-9-32(8-5-22-24(32)3-2-4-25(22)33)27(36)26(23)38-30(39-28)44-18-31-10-12-41(31)16-20(35)15-31/h2-4,20-21,27H,1,5-10,12-18H2/t20-,21+,27+,31+,32-/m1/s1. The highest BCUT2D eigenvalue weighted by atomic mass is 35.5. The van der Waals surface area contributed by atoms with Crippen LogP contribution >= 0.6 is 11.6 Å². The molecule has 3 saturated heterocycles. The number of anilines is 1. The zero-order valence-electron chi connectivity index (χ0n) is 24.4. The van der Waals surface area contributed by atoms with E-state index >= 15 is 4.39 Å². The fraction of sp³-hybridized carbons (Fsp3) is 0.562. The quantitative estimate of drug-likeness (QED) is 0.420. The van der Waals surface area contributed by atoms with Crippen LogP contribution in [0.2, 0.25) is 5.02 Å². The number of carbonyl (C=O) groups is 1. The molecule has 0 unspecified atom stereocenters. The number of halogens is 4. The van der Waals surface area contributed by atoms with Crippen molar-refractivity contribution < 1.29 is 22.7 Å². The van der Waals surface area contributed by atoms with Gasteiger partial charge in [0.15, 0.2) is 12.0 Å². The van der Waals surface area contributed by atoms with Gasteiger partial charge in [-0.1, -0.05) is 30.3 Å². The first-order valence-corrected chi connectivity index (χ1v) is 15.7.